The van der Waals surface area contributed by atoms with Crippen LogP contribution in [0.15, 0.2) is 16.9 Å². The maximum atomic E-state index is 10.9. The highest BCUT2D eigenvalue weighted by Crippen LogP contribution is 2.30. The third kappa shape index (κ3) is 3.87. The van der Waals surface area contributed by atoms with Crippen LogP contribution in [0.4, 0.5) is 11.4 Å². The van der Waals surface area contributed by atoms with Gasteiger partial charge in [0.25, 0.3) is 0 Å². The van der Waals surface area contributed by atoms with Crippen LogP contribution in [-0.4, -0.2) is 29.2 Å². The summed E-state index contributed by atoms with van der Waals surface area (Å²) in [6.07, 6.45) is 7.85. The summed E-state index contributed by atoms with van der Waals surface area (Å²) in [5, 5.41) is 13.9. The summed E-state index contributed by atoms with van der Waals surface area (Å²) in [5.74, 6) is 0. The van der Waals surface area contributed by atoms with Crippen molar-refractivity contribution in [2.45, 2.75) is 31.8 Å². The first-order valence-corrected chi connectivity index (χ1v) is 7.11. The number of halogens is 1. The highest BCUT2D eigenvalue weighted by molar-refractivity contribution is 9.10. The molecule has 1 aliphatic rings. The molecule has 0 radical (unpaired) electrons. The smallest absolute Gasteiger partial charge is 0.311 e. The fraction of sp³-hybridized carbons (Fsp3) is 0.583. The van der Waals surface area contributed by atoms with E-state index >= 15 is 0 Å². The molecule has 0 unspecified atom stereocenters. The van der Waals surface area contributed by atoms with Gasteiger partial charge in [0.1, 0.15) is 11.9 Å². The van der Waals surface area contributed by atoms with E-state index < -0.39 is 4.92 Å². The summed E-state index contributed by atoms with van der Waals surface area (Å²) in [7, 11) is 0. The topological polar surface area (TPSA) is 77.3 Å². The number of hydrogen-bond donors (Lipinski definition) is 1. The number of anilines is 1. The number of nitro groups is 1. The summed E-state index contributed by atoms with van der Waals surface area (Å²) in [6.45, 7) is 1.09. The van der Waals surface area contributed by atoms with Crippen LogP contribution < -0.4 is 5.32 Å². The van der Waals surface area contributed by atoms with E-state index in [-0.39, 0.29) is 5.69 Å². The summed E-state index contributed by atoms with van der Waals surface area (Å²) >= 11 is 3.26. The molecule has 1 aliphatic carbocycles. The zero-order valence-corrected chi connectivity index (χ0v) is 12.1. The fourth-order valence-electron chi connectivity index (χ4n) is 2.19. The lowest BCUT2D eigenvalue weighted by Crippen LogP contribution is -2.16. The molecule has 0 aromatic carbocycles. The lowest BCUT2D eigenvalue weighted by molar-refractivity contribution is -0.384. The van der Waals surface area contributed by atoms with Crippen molar-refractivity contribution >= 4 is 27.3 Å². The zero-order valence-electron chi connectivity index (χ0n) is 10.5. The summed E-state index contributed by atoms with van der Waals surface area (Å²) in [5.41, 5.74) is 0.422. The van der Waals surface area contributed by atoms with Gasteiger partial charge in [-0.15, -0.1) is 0 Å². The Labute approximate surface area is 119 Å². The second kappa shape index (κ2) is 6.81. The minimum absolute atomic E-state index is 0.0322. The van der Waals surface area contributed by atoms with Gasteiger partial charge in [-0.05, 0) is 28.8 Å². The van der Waals surface area contributed by atoms with Crippen molar-refractivity contribution in [3.8, 4) is 0 Å². The molecular formula is C12H16BrN3O3. The first kappa shape index (κ1) is 14.2. The predicted molar refractivity (Wildman–Crippen MR) is 75.3 cm³/mol. The predicted octanol–water partition coefficient (Wildman–Crippen LogP) is 3.12. The van der Waals surface area contributed by atoms with Gasteiger partial charge in [-0.2, -0.15) is 0 Å². The average Bonchev–Trinajstić information content (AvgIpc) is 2.88. The van der Waals surface area contributed by atoms with Gasteiger partial charge in [0, 0.05) is 12.7 Å². The van der Waals surface area contributed by atoms with Crippen LogP contribution in [-0.2, 0) is 4.74 Å². The van der Waals surface area contributed by atoms with Gasteiger partial charge in [-0.25, -0.2) is 0 Å². The van der Waals surface area contributed by atoms with Crippen LogP contribution in [0, 0.1) is 10.1 Å². The van der Waals surface area contributed by atoms with Crippen LogP contribution in [0.5, 0.6) is 0 Å². The molecule has 0 bridgehead atoms. The lowest BCUT2D eigenvalue weighted by atomic mass is 10.3. The summed E-state index contributed by atoms with van der Waals surface area (Å²) in [6, 6.07) is 0. The quantitative estimate of drug-likeness (QED) is 0.493. The number of pyridine rings is 1. The summed E-state index contributed by atoms with van der Waals surface area (Å²) in [4.78, 5) is 14.2. The highest BCUT2D eigenvalue weighted by Gasteiger charge is 2.18. The minimum Gasteiger partial charge on any atom is -0.376 e. The van der Waals surface area contributed by atoms with Gasteiger partial charge < -0.3 is 10.1 Å². The molecule has 0 aliphatic heterocycles. The van der Waals surface area contributed by atoms with Crippen LogP contribution in [0.2, 0.25) is 0 Å². The molecule has 2 rings (SSSR count). The Balaban J connectivity index is 1.86. The number of hydrogen-bond acceptors (Lipinski definition) is 5. The van der Waals surface area contributed by atoms with Gasteiger partial charge in [0.15, 0.2) is 0 Å². The standard InChI is InChI=1S/C12H16BrN3O3/c13-10-7-14-8-11(16(17)18)12(10)15-5-6-19-9-3-1-2-4-9/h7-9H,1-6H2,(H,14,15). The van der Waals surface area contributed by atoms with Crippen molar-refractivity contribution < 1.29 is 9.66 Å². The Kier molecular flexibility index (Phi) is 5.09. The van der Waals surface area contributed by atoms with Gasteiger partial charge in [0.05, 0.1) is 22.1 Å². The molecule has 0 amide bonds. The van der Waals surface area contributed by atoms with E-state index in [1.807, 2.05) is 0 Å². The Bertz CT molecular complexity index is 450. The Hall–Kier alpha value is -1.21. The van der Waals surface area contributed by atoms with E-state index in [1.165, 1.54) is 25.2 Å². The molecule has 104 valence electrons. The first-order chi connectivity index (χ1) is 9.18. The van der Waals surface area contributed by atoms with E-state index in [0.717, 1.165) is 12.8 Å². The second-order valence-corrected chi connectivity index (χ2v) is 5.33. The van der Waals surface area contributed by atoms with Crippen molar-refractivity contribution in [1.29, 1.82) is 0 Å². The van der Waals surface area contributed by atoms with Gasteiger partial charge in [0.2, 0.25) is 0 Å². The molecule has 1 aromatic heterocycles. The Morgan fingerprint density at radius 2 is 2.21 bits per heavy atom. The highest BCUT2D eigenvalue weighted by atomic mass is 79.9. The molecule has 7 heteroatoms. The normalized spacial score (nSPS) is 15.6. The van der Waals surface area contributed by atoms with Gasteiger partial charge in [-0.3, -0.25) is 15.1 Å². The van der Waals surface area contributed by atoms with Crippen molar-refractivity contribution in [2.75, 3.05) is 18.5 Å². The molecule has 19 heavy (non-hydrogen) atoms. The summed E-state index contributed by atoms with van der Waals surface area (Å²) < 4.78 is 6.29. The number of aromatic nitrogens is 1. The number of rotatable bonds is 6. The van der Waals surface area contributed by atoms with Crippen LogP contribution in [0.25, 0.3) is 0 Å². The zero-order chi connectivity index (χ0) is 13.7. The van der Waals surface area contributed by atoms with Gasteiger partial charge >= 0.3 is 5.69 Å². The third-order valence-electron chi connectivity index (χ3n) is 3.14. The van der Waals surface area contributed by atoms with E-state index in [0.29, 0.717) is 29.4 Å². The lowest BCUT2D eigenvalue weighted by Gasteiger charge is -2.12. The molecule has 1 saturated carbocycles. The molecule has 0 atom stereocenters. The second-order valence-electron chi connectivity index (χ2n) is 4.48. The number of nitrogens with one attached hydrogen (secondary N) is 1. The molecule has 6 nitrogen and oxygen atoms in total. The van der Waals surface area contributed by atoms with Crippen LogP contribution in [0.1, 0.15) is 25.7 Å². The van der Waals surface area contributed by atoms with E-state index in [1.54, 1.807) is 0 Å². The molecule has 1 N–H and O–H groups in total. The third-order valence-corrected chi connectivity index (χ3v) is 3.74. The number of ether oxygens (including phenoxy) is 1. The van der Waals surface area contributed by atoms with E-state index in [9.17, 15) is 10.1 Å². The molecule has 1 fully saturated rings. The number of nitrogens with zero attached hydrogens (tertiary/aromatic N) is 2. The maximum absolute atomic E-state index is 10.9. The minimum atomic E-state index is -0.447. The SMILES string of the molecule is O=[N+]([O-])c1cncc(Br)c1NCCOC1CCCC1. The maximum Gasteiger partial charge on any atom is 0.311 e. The van der Waals surface area contributed by atoms with E-state index in [2.05, 4.69) is 26.2 Å². The van der Waals surface area contributed by atoms with Crippen molar-refractivity contribution in [3.05, 3.63) is 27.0 Å². The van der Waals surface area contributed by atoms with E-state index in [4.69, 9.17) is 4.74 Å². The monoisotopic (exact) mass is 329 g/mol. The van der Waals surface area contributed by atoms with Gasteiger partial charge in [-0.1, -0.05) is 12.8 Å². The van der Waals surface area contributed by atoms with Crippen LogP contribution >= 0.6 is 15.9 Å². The fourth-order valence-corrected chi connectivity index (χ4v) is 2.66. The Morgan fingerprint density at radius 3 is 2.89 bits per heavy atom. The Morgan fingerprint density at radius 1 is 1.47 bits per heavy atom. The van der Waals surface area contributed by atoms with Crippen molar-refractivity contribution in [2.24, 2.45) is 0 Å². The largest absolute Gasteiger partial charge is 0.376 e. The average molecular weight is 330 g/mol. The molecular weight excluding hydrogens is 314 g/mol. The first-order valence-electron chi connectivity index (χ1n) is 6.32. The van der Waals surface area contributed by atoms with Crippen LogP contribution in [0.3, 0.4) is 0 Å². The molecule has 1 aromatic rings. The van der Waals surface area contributed by atoms with Crippen molar-refractivity contribution in [3.63, 3.8) is 0 Å². The molecule has 0 spiro atoms. The molecule has 1 heterocycles. The van der Waals surface area contributed by atoms with Crippen molar-refractivity contribution in [1.82, 2.24) is 4.98 Å². The molecule has 0 saturated heterocycles.